The van der Waals surface area contributed by atoms with Gasteiger partial charge in [-0.3, -0.25) is 9.69 Å². The lowest BCUT2D eigenvalue weighted by molar-refractivity contribution is 0.0996. The van der Waals surface area contributed by atoms with Crippen molar-refractivity contribution in [2.75, 3.05) is 38.6 Å². The molecule has 2 aromatic carbocycles. The number of carbonyl (C=O) groups is 2. The summed E-state index contributed by atoms with van der Waals surface area (Å²) in [5, 5.41) is 5.76. The van der Waals surface area contributed by atoms with Crippen LogP contribution in [0.25, 0.3) is 0 Å². The highest BCUT2D eigenvalue weighted by Crippen LogP contribution is 2.15. The van der Waals surface area contributed by atoms with Crippen LogP contribution in [-0.4, -0.2) is 55.0 Å². The second-order valence-corrected chi connectivity index (χ2v) is 7.90. The molecule has 33 heavy (non-hydrogen) atoms. The fraction of sp³-hybridized carbons (Fsp3) is 0.280. The molecule has 8 nitrogen and oxygen atoms in total. The van der Waals surface area contributed by atoms with Crippen LogP contribution in [0.2, 0.25) is 0 Å². The molecule has 1 saturated heterocycles. The van der Waals surface area contributed by atoms with Gasteiger partial charge in [-0.05, 0) is 47.5 Å². The van der Waals surface area contributed by atoms with E-state index < -0.39 is 0 Å². The summed E-state index contributed by atoms with van der Waals surface area (Å²) in [7, 11) is 1.66. The molecule has 0 spiro atoms. The molecule has 172 valence electrons. The number of amides is 3. The molecule has 3 aromatic rings. The Morgan fingerprint density at radius 2 is 1.64 bits per heavy atom. The van der Waals surface area contributed by atoms with E-state index in [0.29, 0.717) is 25.3 Å². The van der Waals surface area contributed by atoms with Crippen LogP contribution in [0, 0.1) is 0 Å². The Morgan fingerprint density at radius 1 is 0.939 bits per heavy atom. The Kier molecular flexibility index (Phi) is 7.26. The Labute approximate surface area is 193 Å². The monoisotopic (exact) mass is 448 g/mol. The largest absolute Gasteiger partial charge is 0.497 e. The number of nitrogens with one attached hydrogen (secondary N) is 2. The zero-order chi connectivity index (χ0) is 23.0. The van der Waals surface area contributed by atoms with E-state index in [1.54, 1.807) is 31.4 Å². The molecule has 0 atom stereocenters. The number of furan rings is 1. The molecule has 8 heteroatoms. The second kappa shape index (κ2) is 10.7. The van der Waals surface area contributed by atoms with Crippen molar-refractivity contribution in [1.29, 1.82) is 0 Å². The predicted octanol–water partition coefficient (Wildman–Crippen LogP) is 3.57. The van der Waals surface area contributed by atoms with Gasteiger partial charge in [0.1, 0.15) is 5.75 Å². The maximum absolute atomic E-state index is 12.6. The maximum atomic E-state index is 12.6. The summed E-state index contributed by atoms with van der Waals surface area (Å²) < 4.78 is 10.3. The average molecular weight is 449 g/mol. The summed E-state index contributed by atoms with van der Waals surface area (Å²) in [5.74, 6) is 0.816. The number of ether oxygens (including phenoxy) is 1. The van der Waals surface area contributed by atoms with E-state index >= 15 is 0 Å². The van der Waals surface area contributed by atoms with Crippen molar-refractivity contribution in [3.05, 3.63) is 83.8 Å². The third kappa shape index (κ3) is 6.14. The highest BCUT2D eigenvalue weighted by molar-refractivity contribution is 6.02. The van der Waals surface area contributed by atoms with Gasteiger partial charge in [0.25, 0.3) is 5.91 Å². The number of methoxy groups -OCH3 is 1. The zero-order valence-electron chi connectivity index (χ0n) is 18.6. The van der Waals surface area contributed by atoms with Gasteiger partial charge >= 0.3 is 6.03 Å². The lowest BCUT2D eigenvalue weighted by Gasteiger charge is -2.34. The van der Waals surface area contributed by atoms with Crippen LogP contribution in [0.5, 0.6) is 5.75 Å². The number of hydrogen-bond acceptors (Lipinski definition) is 5. The van der Waals surface area contributed by atoms with Crippen molar-refractivity contribution >= 4 is 17.6 Å². The number of hydrogen-bond donors (Lipinski definition) is 2. The molecule has 1 fully saturated rings. The minimum Gasteiger partial charge on any atom is -0.497 e. The molecule has 2 heterocycles. The van der Waals surface area contributed by atoms with Crippen molar-refractivity contribution in [3.63, 3.8) is 0 Å². The molecule has 0 unspecified atom stereocenters. The fourth-order valence-corrected chi connectivity index (χ4v) is 3.69. The summed E-state index contributed by atoms with van der Waals surface area (Å²) in [5.41, 5.74) is 2.86. The van der Waals surface area contributed by atoms with Crippen molar-refractivity contribution < 1.29 is 18.7 Å². The molecule has 1 aromatic heterocycles. The number of rotatable bonds is 7. The molecule has 0 bridgehead atoms. The summed E-state index contributed by atoms with van der Waals surface area (Å²) in [4.78, 5) is 28.8. The summed E-state index contributed by atoms with van der Waals surface area (Å²) in [6, 6.07) is 18.7. The van der Waals surface area contributed by atoms with Gasteiger partial charge in [-0.2, -0.15) is 0 Å². The van der Waals surface area contributed by atoms with E-state index in [1.807, 2.05) is 29.2 Å². The molecule has 4 rings (SSSR count). The van der Waals surface area contributed by atoms with E-state index in [9.17, 15) is 9.59 Å². The molecule has 2 N–H and O–H groups in total. The SMILES string of the molecule is COc1ccc(CN2CCN(C(=O)NCc3ccc(NC(=O)c4ccco4)cc3)CC2)cc1. The predicted molar refractivity (Wildman–Crippen MR) is 125 cm³/mol. The fourth-order valence-electron chi connectivity index (χ4n) is 3.69. The molecule has 0 saturated carbocycles. The second-order valence-electron chi connectivity index (χ2n) is 7.90. The molecule has 0 radical (unpaired) electrons. The van der Waals surface area contributed by atoms with Gasteiger partial charge < -0.3 is 24.7 Å². The number of urea groups is 1. The van der Waals surface area contributed by atoms with Gasteiger partial charge in [0.15, 0.2) is 5.76 Å². The molecule has 1 aliphatic rings. The zero-order valence-corrected chi connectivity index (χ0v) is 18.6. The number of nitrogens with zero attached hydrogens (tertiary/aromatic N) is 2. The van der Waals surface area contributed by atoms with E-state index in [-0.39, 0.29) is 17.7 Å². The first kappa shape index (κ1) is 22.4. The number of benzene rings is 2. The van der Waals surface area contributed by atoms with Crippen LogP contribution in [0.4, 0.5) is 10.5 Å². The Balaban J connectivity index is 1.19. The highest BCUT2D eigenvalue weighted by atomic mass is 16.5. The Hall–Kier alpha value is -3.78. The van der Waals surface area contributed by atoms with Gasteiger partial charge in [-0.15, -0.1) is 0 Å². The van der Waals surface area contributed by atoms with Crippen molar-refractivity contribution in [3.8, 4) is 5.75 Å². The number of anilines is 1. The van der Waals surface area contributed by atoms with Crippen molar-refractivity contribution in [2.45, 2.75) is 13.1 Å². The summed E-state index contributed by atoms with van der Waals surface area (Å²) in [6.45, 7) is 4.35. The van der Waals surface area contributed by atoms with Crippen molar-refractivity contribution in [2.24, 2.45) is 0 Å². The Bertz CT molecular complexity index is 1040. The molecular formula is C25H28N4O4. The van der Waals surface area contributed by atoms with Gasteiger partial charge in [0.2, 0.25) is 0 Å². The molecule has 1 aliphatic heterocycles. The van der Waals surface area contributed by atoms with Crippen LogP contribution in [-0.2, 0) is 13.1 Å². The first-order valence-electron chi connectivity index (χ1n) is 10.9. The van der Waals surface area contributed by atoms with Crippen LogP contribution in [0.1, 0.15) is 21.7 Å². The van der Waals surface area contributed by atoms with Gasteiger partial charge in [-0.1, -0.05) is 24.3 Å². The molecule has 3 amide bonds. The first-order chi connectivity index (χ1) is 16.1. The lowest BCUT2D eigenvalue weighted by atomic mass is 10.2. The standard InChI is InChI=1S/C25H28N4O4/c1-32-22-10-6-20(7-11-22)18-28-12-14-29(15-13-28)25(31)26-17-19-4-8-21(9-5-19)27-24(30)23-3-2-16-33-23/h2-11,16H,12-15,17-18H2,1H3,(H,26,31)(H,27,30). The minimum atomic E-state index is -0.299. The molecule has 0 aliphatic carbocycles. The van der Waals surface area contributed by atoms with Crippen LogP contribution < -0.4 is 15.4 Å². The molecular weight excluding hydrogens is 420 g/mol. The van der Waals surface area contributed by atoms with Crippen LogP contribution >= 0.6 is 0 Å². The number of piperazine rings is 1. The number of carbonyl (C=O) groups excluding carboxylic acids is 2. The summed E-state index contributed by atoms with van der Waals surface area (Å²) >= 11 is 0. The maximum Gasteiger partial charge on any atom is 0.317 e. The van der Waals surface area contributed by atoms with E-state index in [1.165, 1.54) is 11.8 Å². The van der Waals surface area contributed by atoms with E-state index in [2.05, 4.69) is 27.7 Å². The van der Waals surface area contributed by atoms with E-state index in [0.717, 1.165) is 30.9 Å². The first-order valence-corrected chi connectivity index (χ1v) is 10.9. The third-order valence-electron chi connectivity index (χ3n) is 5.63. The van der Waals surface area contributed by atoms with Gasteiger partial charge in [-0.25, -0.2) is 4.79 Å². The van der Waals surface area contributed by atoms with Crippen molar-refractivity contribution in [1.82, 2.24) is 15.1 Å². The summed E-state index contributed by atoms with van der Waals surface area (Å²) in [6.07, 6.45) is 1.46. The van der Waals surface area contributed by atoms with E-state index in [4.69, 9.17) is 9.15 Å². The Morgan fingerprint density at radius 3 is 2.27 bits per heavy atom. The smallest absolute Gasteiger partial charge is 0.317 e. The third-order valence-corrected chi connectivity index (χ3v) is 5.63. The highest BCUT2D eigenvalue weighted by Gasteiger charge is 2.21. The van der Waals surface area contributed by atoms with Crippen LogP contribution in [0.15, 0.2) is 71.3 Å². The normalized spacial score (nSPS) is 14.0. The quantitative estimate of drug-likeness (QED) is 0.577. The van der Waals surface area contributed by atoms with Crippen LogP contribution in [0.3, 0.4) is 0 Å². The van der Waals surface area contributed by atoms with Gasteiger partial charge in [0, 0.05) is 45.0 Å². The lowest BCUT2D eigenvalue weighted by Crippen LogP contribution is -2.51. The topological polar surface area (TPSA) is 87.0 Å². The average Bonchev–Trinajstić information content (AvgIpc) is 3.40. The minimum absolute atomic E-state index is 0.0608. The van der Waals surface area contributed by atoms with Gasteiger partial charge in [0.05, 0.1) is 13.4 Å².